The standard InChI is InChI=1S/C19H19N5O2/c1-26-15-6-4-14(5-7-15)19(8-9-19)18(25)21-12-16-22-17(24-23-16)13-3-2-10-20-11-13/h2-7,10-11H,8-9,12H2,1H3,(H,21,25)(H,22,23,24). The summed E-state index contributed by atoms with van der Waals surface area (Å²) in [6.07, 6.45) is 5.10. The summed E-state index contributed by atoms with van der Waals surface area (Å²) in [5, 5.41) is 10.0. The van der Waals surface area contributed by atoms with E-state index in [-0.39, 0.29) is 5.91 Å². The van der Waals surface area contributed by atoms with E-state index in [2.05, 4.69) is 25.5 Å². The topological polar surface area (TPSA) is 92.8 Å². The first kappa shape index (κ1) is 16.3. The Balaban J connectivity index is 1.42. The van der Waals surface area contributed by atoms with Crippen LogP contribution in [0, 0.1) is 0 Å². The smallest absolute Gasteiger partial charge is 0.231 e. The second-order valence-electron chi connectivity index (χ2n) is 6.34. The van der Waals surface area contributed by atoms with Crippen LogP contribution >= 0.6 is 0 Å². The van der Waals surface area contributed by atoms with Crippen molar-refractivity contribution in [1.82, 2.24) is 25.5 Å². The van der Waals surface area contributed by atoms with Crippen molar-refractivity contribution in [3.8, 4) is 17.1 Å². The molecule has 1 amide bonds. The molecule has 0 bridgehead atoms. The van der Waals surface area contributed by atoms with Gasteiger partial charge in [0.2, 0.25) is 5.91 Å². The summed E-state index contributed by atoms with van der Waals surface area (Å²) >= 11 is 0. The van der Waals surface area contributed by atoms with Crippen LogP contribution in [0.2, 0.25) is 0 Å². The number of methoxy groups -OCH3 is 1. The van der Waals surface area contributed by atoms with Crippen molar-refractivity contribution in [2.45, 2.75) is 24.8 Å². The second-order valence-corrected chi connectivity index (χ2v) is 6.34. The van der Waals surface area contributed by atoms with Crippen molar-refractivity contribution in [2.75, 3.05) is 7.11 Å². The molecular weight excluding hydrogens is 330 g/mol. The van der Waals surface area contributed by atoms with Gasteiger partial charge in [0.25, 0.3) is 0 Å². The molecule has 0 unspecified atom stereocenters. The van der Waals surface area contributed by atoms with E-state index in [0.29, 0.717) is 18.2 Å². The maximum absolute atomic E-state index is 12.7. The first-order valence-corrected chi connectivity index (χ1v) is 8.46. The predicted octanol–water partition coefficient (Wildman–Crippen LogP) is 2.22. The minimum Gasteiger partial charge on any atom is -0.497 e. The monoisotopic (exact) mass is 349 g/mol. The first-order valence-electron chi connectivity index (χ1n) is 8.46. The van der Waals surface area contributed by atoms with E-state index < -0.39 is 5.41 Å². The number of nitrogens with one attached hydrogen (secondary N) is 2. The van der Waals surface area contributed by atoms with Gasteiger partial charge >= 0.3 is 0 Å². The van der Waals surface area contributed by atoms with E-state index in [1.54, 1.807) is 19.5 Å². The number of nitrogens with zero attached hydrogens (tertiary/aromatic N) is 3. The molecule has 2 heterocycles. The Kier molecular flexibility index (Phi) is 4.12. The van der Waals surface area contributed by atoms with Crippen molar-refractivity contribution < 1.29 is 9.53 Å². The summed E-state index contributed by atoms with van der Waals surface area (Å²) in [6.45, 7) is 0.310. The van der Waals surface area contributed by atoms with E-state index in [1.165, 1.54) is 0 Å². The Labute approximate surface area is 150 Å². The van der Waals surface area contributed by atoms with Crippen molar-refractivity contribution in [1.29, 1.82) is 0 Å². The third-order valence-corrected chi connectivity index (χ3v) is 4.70. The maximum atomic E-state index is 12.7. The number of pyridine rings is 1. The quantitative estimate of drug-likeness (QED) is 0.712. The van der Waals surface area contributed by atoms with Crippen LogP contribution in [0.5, 0.6) is 5.75 Å². The highest BCUT2D eigenvalue weighted by molar-refractivity contribution is 5.91. The molecule has 1 aromatic carbocycles. The zero-order valence-corrected chi connectivity index (χ0v) is 14.4. The van der Waals surface area contributed by atoms with Gasteiger partial charge in [-0.3, -0.25) is 14.9 Å². The van der Waals surface area contributed by atoms with E-state index in [4.69, 9.17) is 4.74 Å². The van der Waals surface area contributed by atoms with Gasteiger partial charge < -0.3 is 10.1 Å². The van der Waals surface area contributed by atoms with Gasteiger partial charge in [-0.25, -0.2) is 4.98 Å². The number of benzene rings is 1. The van der Waals surface area contributed by atoms with Crippen LogP contribution in [0.15, 0.2) is 48.8 Å². The second kappa shape index (κ2) is 6.59. The van der Waals surface area contributed by atoms with Gasteiger partial charge in [-0.05, 0) is 42.7 Å². The zero-order valence-electron chi connectivity index (χ0n) is 14.4. The Bertz CT molecular complexity index is 901. The number of amides is 1. The van der Waals surface area contributed by atoms with Gasteiger partial charge in [0.1, 0.15) is 11.6 Å². The molecule has 26 heavy (non-hydrogen) atoms. The van der Waals surface area contributed by atoms with Gasteiger partial charge in [-0.15, -0.1) is 0 Å². The summed E-state index contributed by atoms with van der Waals surface area (Å²) in [7, 11) is 1.63. The average molecular weight is 349 g/mol. The molecule has 0 atom stereocenters. The lowest BCUT2D eigenvalue weighted by molar-refractivity contribution is -0.123. The molecule has 1 aliphatic rings. The molecule has 0 radical (unpaired) electrons. The van der Waals surface area contributed by atoms with Gasteiger partial charge in [-0.2, -0.15) is 5.10 Å². The lowest BCUT2D eigenvalue weighted by atomic mass is 9.95. The normalized spacial score (nSPS) is 14.7. The third kappa shape index (κ3) is 3.03. The number of aromatic amines is 1. The Morgan fingerprint density at radius 3 is 2.73 bits per heavy atom. The molecule has 4 rings (SSSR count). The van der Waals surface area contributed by atoms with Crippen LogP contribution < -0.4 is 10.1 Å². The fourth-order valence-corrected chi connectivity index (χ4v) is 3.01. The van der Waals surface area contributed by atoms with Crippen LogP contribution in [0.1, 0.15) is 24.2 Å². The maximum Gasteiger partial charge on any atom is 0.231 e. The van der Waals surface area contributed by atoms with Crippen LogP contribution in [-0.4, -0.2) is 33.2 Å². The fourth-order valence-electron chi connectivity index (χ4n) is 3.01. The number of hydrogen-bond acceptors (Lipinski definition) is 5. The molecule has 2 N–H and O–H groups in total. The summed E-state index contributed by atoms with van der Waals surface area (Å²) in [6, 6.07) is 11.4. The number of carbonyl (C=O) groups excluding carboxylic acids is 1. The molecule has 7 heteroatoms. The van der Waals surface area contributed by atoms with E-state index in [0.717, 1.165) is 29.7 Å². The van der Waals surface area contributed by atoms with Crippen LogP contribution in [0.4, 0.5) is 0 Å². The summed E-state index contributed by atoms with van der Waals surface area (Å²) in [5.74, 6) is 1.98. The molecule has 1 saturated carbocycles. The molecule has 0 spiro atoms. The number of ether oxygens (including phenoxy) is 1. The fraction of sp³-hybridized carbons (Fsp3) is 0.263. The Morgan fingerprint density at radius 2 is 2.08 bits per heavy atom. The highest BCUT2D eigenvalue weighted by Crippen LogP contribution is 2.48. The Hall–Kier alpha value is -3.22. The highest BCUT2D eigenvalue weighted by atomic mass is 16.5. The number of aromatic nitrogens is 4. The zero-order chi connectivity index (χ0) is 18.0. The molecule has 1 aliphatic carbocycles. The van der Waals surface area contributed by atoms with Gasteiger partial charge in [0, 0.05) is 18.0 Å². The molecule has 0 saturated heterocycles. The van der Waals surface area contributed by atoms with Crippen LogP contribution in [0.25, 0.3) is 11.4 Å². The Morgan fingerprint density at radius 1 is 1.27 bits per heavy atom. The number of carbonyl (C=O) groups is 1. The summed E-state index contributed by atoms with van der Waals surface area (Å²) in [5.41, 5.74) is 1.42. The molecular formula is C19H19N5O2. The van der Waals surface area contributed by atoms with Gasteiger partial charge in [0.05, 0.1) is 19.1 Å². The highest BCUT2D eigenvalue weighted by Gasteiger charge is 2.51. The average Bonchev–Trinajstić information content (AvgIpc) is 3.38. The largest absolute Gasteiger partial charge is 0.497 e. The van der Waals surface area contributed by atoms with Crippen molar-refractivity contribution in [3.05, 3.63) is 60.2 Å². The molecule has 3 aromatic rings. The van der Waals surface area contributed by atoms with Crippen molar-refractivity contribution in [2.24, 2.45) is 0 Å². The number of rotatable bonds is 6. The van der Waals surface area contributed by atoms with E-state index in [9.17, 15) is 4.79 Å². The van der Waals surface area contributed by atoms with Crippen LogP contribution in [0.3, 0.4) is 0 Å². The summed E-state index contributed by atoms with van der Waals surface area (Å²) < 4.78 is 5.18. The molecule has 2 aromatic heterocycles. The van der Waals surface area contributed by atoms with E-state index >= 15 is 0 Å². The number of hydrogen-bond donors (Lipinski definition) is 2. The summed E-state index contributed by atoms with van der Waals surface area (Å²) in [4.78, 5) is 21.2. The minimum atomic E-state index is -0.432. The van der Waals surface area contributed by atoms with Gasteiger partial charge in [0.15, 0.2) is 5.82 Å². The SMILES string of the molecule is COc1ccc(C2(C(=O)NCc3nc(-c4cccnc4)n[nH]3)CC2)cc1. The lowest BCUT2D eigenvalue weighted by Gasteiger charge is -2.15. The third-order valence-electron chi connectivity index (χ3n) is 4.70. The predicted molar refractivity (Wildman–Crippen MR) is 95.4 cm³/mol. The van der Waals surface area contributed by atoms with Crippen molar-refractivity contribution >= 4 is 5.91 Å². The first-order chi connectivity index (χ1) is 12.7. The van der Waals surface area contributed by atoms with Crippen molar-refractivity contribution in [3.63, 3.8) is 0 Å². The minimum absolute atomic E-state index is 0.0157. The van der Waals surface area contributed by atoms with Crippen LogP contribution in [-0.2, 0) is 16.8 Å². The molecule has 7 nitrogen and oxygen atoms in total. The van der Waals surface area contributed by atoms with E-state index in [1.807, 2.05) is 36.4 Å². The van der Waals surface area contributed by atoms with Gasteiger partial charge in [-0.1, -0.05) is 12.1 Å². The lowest BCUT2D eigenvalue weighted by Crippen LogP contribution is -2.34. The molecule has 132 valence electrons. The molecule has 0 aliphatic heterocycles. The molecule has 1 fully saturated rings. The number of H-pyrrole nitrogens is 1.